The standard InChI is InChI=1S/C25H27N3O2S/c1-18-14-20-10-5-6-12-22(20)28(18)24(29)17-31-25-26-15-23(19-8-3-2-4-9-19)27(25)16-21-11-7-13-30-21/h2-6,8-10,12,15,18,21H,7,11,13-14,16-17H2,1H3/t18-,21-/m1/s1. The molecule has 160 valence electrons. The molecule has 2 aromatic carbocycles. The van der Waals surface area contributed by atoms with E-state index in [1.807, 2.05) is 47.5 Å². The largest absolute Gasteiger partial charge is 0.376 e. The van der Waals surface area contributed by atoms with Crippen LogP contribution >= 0.6 is 11.8 Å². The van der Waals surface area contributed by atoms with E-state index in [2.05, 4.69) is 29.7 Å². The molecule has 0 aliphatic carbocycles. The lowest BCUT2D eigenvalue weighted by Crippen LogP contribution is -2.37. The van der Waals surface area contributed by atoms with Crippen LogP contribution in [0, 0.1) is 0 Å². The number of hydrogen-bond acceptors (Lipinski definition) is 4. The summed E-state index contributed by atoms with van der Waals surface area (Å²) in [6.45, 7) is 3.71. The first kappa shape index (κ1) is 20.3. The minimum atomic E-state index is 0.135. The van der Waals surface area contributed by atoms with Crippen molar-refractivity contribution in [3.63, 3.8) is 0 Å². The number of para-hydroxylation sites is 1. The lowest BCUT2D eigenvalue weighted by molar-refractivity contribution is -0.116. The van der Waals surface area contributed by atoms with Gasteiger partial charge < -0.3 is 14.2 Å². The second-order valence-electron chi connectivity index (χ2n) is 8.27. The Labute approximate surface area is 187 Å². The van der Waals surface area contributed by atoms with Gasteiger partial charge in [0, 0.05) is 18.3 Å². The van der Waals surface area contributed by atoms with E-state index >= 15 is 0 Å². The van der Waals surface area contributed by atoms with Crippen LogP contribution in [0.25, 0.3) is 11.3 Å². The van der Waals surface area contributed by atoms with Gasteiger partial charge >= 0.3 is 0 Å². The summed E-state index contributed by atoms with van der Waals surface area (Å²) < 4.78 is 8.13. The first-order chi connectivity index (χ1) is 15.2. The molecule has 0 bridgehead atoms. The molecule has 0 radical (unpaired) electrons. The minimum Gasteiger partial charge on any atom is -0.376 e. The van der Waals surface area contributed by atoms with Gasteiger partial charge in [0.25, 0.3) is 0 Å². The van der Waals surface area contributed by atoms with Crippen LogP contribution in [0.4, 0.5) is 5.69 Å². The van der Waals surface area contributed by atoms with Crippen LogP contribution in [0.1, 0.15) is 25.3 Å². The van der Waals surface area contributed by atoms with Gasteiger partial charge in [-0.2, -0.15) is 0 Å². The number of rotatable bonds is 6. The number of carbonyl (C=O) groups excluding carboxylic acids is 1. The second kappa shape index (κ2) is 8.89. The van der Waals surface area contributed by atoms with E-state index in [0.717, 1.165) is 54.5 Å². The first-order valence-electron chi connectivity index (χ1n) is 11.0. The number of nitrogens with zero attached hydrogens (tertiary/aromatic N) is 3. The Kier molecular flexibility index (Phi) is 5.83. The third-order valence-electron chi connectivity index (χ3n) is 6.10. The van der Waals surface area contributed by atoms with Crippen molar-refractivity contribution in [3.05, 3.63) is 66.4 Å². The Morgan fingerprint density at radius 1 is 1.16 bits per heavy atom. The Morgan fingerprint density at radius 2 is 1.97 bits per heavy atom. The van der Waals surface area contributed by atoms with Crippen molar-refractivity contribution >= 4 is 23.4 Å². The number of imidazole rings is 1. The van der Waals surface area contributed by atoms with Gasteiger partial charge in [0.2, 0.25) is 5.91 Å². The maximum absolute atomic E-state index is 13.2. The summed E-state index contributed by atoms with van der Waals surface area (Å²) in [5.41, 5.74) is 4.51. The molecule has 1 saturated heterocycles. The molecule has 3 heterocycles. The van der Waals surface area contributed by atoms with Crippen LogP contribution in [0.5, 0.6) is 0 Å². The van der Waals surface area contributed by atoms with Crippen molar-refractivity contribution < 1.29 is 9.53 Å². The Morgan fingerprint density at radius 3 is 2.77 bits per heavy atom. The molecule has 5 rings (SSSR count). The molecule has 0 saturated carbocycles. The molecule has 0 spiro atoms. The summed E-state index contributed by atoms with van der Waals surface area (Å²) in [4.78, 5) is 19.8. The number of anilines is 1. The summed E-state index contributed by atoms with van der Waals surface area (Å²) in [7, 11) is 0. The number of fused-ring (bicyclic) bond motifs is 1. The molecule has 0 unspecified atom stereocenters. The number of benzene rings is 2. The smallest absolute Gasteiger partial charge is 0.237 e. The lowest BCUT2D eigenvalue weighted by atomic mass is 10.1. The van der Waals surface area contributed by atoms with Gasteiger partial charge in [0.1, 0.15) is 0 Å². The zero-order chi connectivity index (χ0) is 21.2. The summed E-state index contributed by atoms with van der Waals surface area (Å²) in [5.74, 6) is 0.505. The maximum Gasteiger partial charge on any atom is 0.237 e. The summed E-state index contributed by atoms with van der Waals surface area (Å²) in [6.07, 6.45) is 5.21. The highest BCUT2D eigenvalue weighted by Crippen LogP contribution is 2.33. The van der Waals surface area contributed by atoms with Crippen molar-refractivity contribution in [1.82, 2.24) is 9.55 Å². The maximum atomic E-state index is 13.2. The molecule has 6 heteroatoms. The van der Waals surface area contributed by atoms with Crippen molar-refractivity contribution in [1.29, 1.82) is 0 Å². The minimum absolute atomic E-state index is 0.135. The van der Waals surface area contributed by atoms with Crippen molar-refractivity contribution in [2.24, 2.45) is 0 Å². The SMILES string of the molecule is C[C@@H]1Cc2ccccc2N1C(=O)CSc1ncc(-c2ccccc2)n1C[C@H]1CCCO1. The number of hydrogen-bond donors (Lipinski definition) is 0. The van der Waals surface area contributed by atoms with E-state index < -0.39 is 0 Å². The van der Waals surface area contributed by atoms with Crippen LogP contribution in [0.3, 0.4) is 0 Å². The second-order valence-corrected chi connectivity index (χ2v) is 9.21. The molecule has 0 N–H and O–H groups in total. The van der Waals surface area contributed by atoms with Crippen molar-refractivity contribution in [3.8, 4) is 11.3 Å². The van der Waals surface area contributed by atoms with Gasteiger partial charge in [-0.15, -0.1) is 0 Å². The molecule has 2 aliphatic rings. The van der Waals surface area contributed by atoms with Crippen LogP contribution in [-0.4, -0.2) is 40.0 Å². The zero-order valence-electron chi connectivity index (χ0n) is 17.7. The Balaban J connectivity index is 1.36. The van der Waals surface area contributed by atoms with E-state index in [-0.39, 0.29) is 18.1 Å². The molecule has 31 heavy (non-hydrogen) atoms. The molecule has 1 aromatic heterocycles. The van der Waals surface area contributed by atoms with Gasteiger partial charge in [0.15, 0.2) is 5.16 Å². The molecule has 2 atom stereocenters. The molecule has 1 fully saturated rings. The van der Waals surface area contributed by atoms with E-state index in [4.69, 9.17) is 9.72 Å². The summed E-state index contributed by atoms with van der Waals surface area (Å²) in [5, 5.41) is 0.878. The highest BCUT2D eigenvalue weighted by atomic mass is 32.2. The Hall–Kier alpha value is -2.57. The number of carbonyl (C=O) groups is 1. The van der Waals surface area contributed by atoms with Gasteiger partial charge in [-0.25, -0.2) is 4.98 Å². The molecule has 2 aliphatic heterocycles. The highest BCUT2D eigenvalue weighted by Gasteiger charge is 2.31. The first-order valence-corrected chi connectivity index (χ1v) is 11.9. The van der Waals surface area contributed by atoms with Crippen LogP contribution in [0.2, 0.25) is 0 Å². The highest BCUT2D eigenvalue weighted by molar-refractivity contribution is 7.99. The predicted octanol–water partition coefficient (Wildman–Crippen LogP) is 4.80. The molecule has 1 amide bonds. The van der Waals surface area contributed by atoms with Crippen molar-refractivity contribution in [2.75, 3.05) is 17.3 Å². The average molecular weight is 434 g/mol. The Bertz CT molecular complexity index is 1060. The number of thioether (sulfide) groups is 1. The van der Waals surface area contributed by atoms with Gasteiger partial charge in [-0.1, -0.05) is 60.3 Å². The number of amides is 1. The van der Waals surface area contributed by atoms with Gasteiger partial charge in [0.05, 0.1) is 30.3 Å². The monoisotopic (exact) mass is 433 g/mol. The van der Waals surface area contributed by atoms with Crippen molar-refractivity contribution in [2.45, 2.75) is 50.0 Å². The van der Waals surface area contributed by atoms with E-state index in [9.17, 15) is 4.79 Å². The quantitative estimate of drug-likeness (QED) is 0.524. The molecular weight excluding hydrogens is 406 g/mol. The van der Waals surface area contributed by atoms with Gasteiger partial charge in [-0.05, 0) is 43.4 Å². The fourth-order valence-corrected chi connectivity index (χ4v) is 5.47. The third-order valence-corrected chi connectivity index (χ3v) is 7.07. The van der Waals surface area contributed by atoms with Crippen LogP contribution < -0.4 is 4.90 Å². The average Bonchev–Trinajstić information content (AvgIpc) is 3.51. The fraction of sp³-hybridized carbons (Fsp3) is 0.360. The predicted molar refractivity (Wildman–Crippen MR) is 124 cm³/mol. The third kappa shape index (κ3) is 4.14. The zero-order valence-corrected chi connectivity index (χ0v) is 18.6. The molecular formula is C25H27N3O2S. The number of aromatic nitrogens is 2. The van der Waals surface area contributed by atoms with E-state index in [0.29, 0.717) is 5.75 Å². The van der Waals surface area contributed by atoms with E-state index in [1.165, 1.54) is 17.3 Å². The normalized spacial score (nSPS) is 20.2. The van der Waals surface area contributed by atoms with Gasteiger partial charge in [-0.3, -0.25) is 4.79 Å². The fourth-order valence-electron chi connectivity index (χ4n) is 4.62. The summed E-state index contributed by atoms with van der Waals surface area (Å²) in [6, 6.07) is 18.7. The number of ether oxygens (including phenoxy) is 1. The summed E-state index contributed by atoms with van der Waals surface area (Å²) >= 11 is 1.52. The lowest BCUT2D eigenvalue weighted by Gasteiger charge is -2.22. The van der Waals surface area contributed by atoms with Crippen LogP contribution in [0.15, 0.2) is 66.0 Å². The molecule has 5 nitrogen and oxygen atoms in total. The topological polar surface area (TPSA) is 47.4 Å². The van der Waals surface area contributed by atoms with Crippen LogP contribution in [-0.2, 0) is 22.5 Å². The molecule has 3 aromatic rings. The van der Waals surface area contributed by atoms with E-state index in [1.54, 1.807) is 0 Å².